The van der Waals surface area contributed by atoms with E-state index in [1.54, 1.807) is 11.8 Å². The van der Waals surface area contributed by atoms with Gasteiger partial charge in [0.2, 0.25) is 0 Å². The van der Waals surface area contributed by atoms with Crippen molar-refractivity contribution in [1.82, 2.24) is 0 Å². The van der Waals surface area contributed by atoms with E-state index in [-0.39, 0.29) is 11.2 Å². The van der Waals surface area contributed by atoms with Gasteiger partial charge in [-0.15, -0.1) is 11.8 Å². The Hall–Kier alpha value is -0.960. The highest BCUT2D eigenvalue weighted by molar-refractivity contribution is 8.00. The molecule has 1 aromatic carbocycles. The zero-order valence-corrected chi connectivity index (χ0v) is 12.5. The molecule has 1 unspecified atom stereocenters. The molecule has 0 radical (unpaired) electrons. The molecule has 1 atom stereocenters. The average Bonchev–Trinajstić information content (AvgIpc) is 2.36. The third-order valence-electron chi connectivity index (χ3n) is 2.88. The predicted molar refractivity (Wildman–Crippen MR) is 77.1 cm³/mol. The quantitative estimate of drug-likeness (QED) is 0.572. The first-order valence-electron chi connectivity index (χ1n) is 6.40. The lowest BCUT2D eigenvalue weighted by Gasteiger charge is -2.15. The van der Waals surface area contributed by atoms with Gasteiger partial charge in [0.05, 0.1) is 7.11 Å². The van der Waals surface area contributed by atoms with Crippen LogP contribution in [-0.2, 0) is 9.53 Å². The number of aryl methyl sites for hydroxylation is 2. The van der Waals surface area contributed by atoms with E-state index >= 15 is 0 Å². The maximum atomic E-state index is 11.8. The number of methoxy groups -OCH3 is 1. The first-order chi connectivity index (χ1) is 8.58. The second-order valence-corrected chi connectivity index (χ2v) is 5.79. The van der Waals surface area contributed by atoms with Crippen molar-refractivity contribution >= 4 is 17.7 Å². The van der Waals surface area contributed by atoms with E-state index in [9.17, 15) is 4.79 Å². The first kappa shape index (κ1) is 15.1. The van der Waals surface area contributed by atoms with Crippen molar-refractivity contribution in [2.45, 2.75) is 50.2 Å². The van der Waals surface area contributed by atoms with E-state index in [2.05, 4.69) is 39.0 Å². The lowest BCUT2D eigenvalue weighted by atomic mass is 10.2. The highest BCUT2D eigenvalue weighted by Crippen LogP contribution is 2.30. The van der Waals surface area contributed by atoms with Gasteiger partial charge in [0.1, 0.15) is 5.25 Å². The van der Waals surface area contributed by atoms with E-state index < -0.39 is 0 Å². The zero-order valence-electron chi connectivity index (χ0n) is 11.7. The lowest BCUT2D eigenvalue weighted by Crippen LogP contribution is -2.18. The van der Waals surface area contributed by atoms with E-state index in [0.717, 1.165) is 19.3 Å². The predicted octanol–water partition coefficient (Wildman–Crippen LogP) is 4.13. The minimum Gasteiger partial charge on any atom is -0.468 e. The molecular formula is C15H22O2S. The summed E-state index contributed by atoms with van der Waals surface area (Å²) in [6.07, 6.45) is 3.03. The summed E-state index contributed by atoms with van der Waals surface area (Å²) < 4.78 is 4.89. The Kier molecular flexibility index (Phi) is 6.27. The summed E-state index contributed by atoms with van der Waals surface area (Å²) >= 11 is 1.62. The van der Waals surface area contributed by atoms with Gasteiger partial charge in [0.15, 0.2) is 0 Å². The van der Waals surface area contributed by atoms with Crippen LogP contribution in [0.3, 0.4) is 0 Å². The van der Waals surface area contributed by atoms with Gasteiger partial charge in [-0.2, -0.15) is 0 Å². The molecule has 0 heterocycles. The lowest BCUT2D eigenvalue weighted by molar-refractivity contribution is -0.140. The van der Waals surface area contributed by atoms with E-state index in [0.29, 0.717) is 0 Å². The van der Waals surface area contributed by atoms with Crippen LogP contribution in [0.15, 0.2) is 23.1 Å². The fourth-order valence-corrected chi connectivity index (χ4v) is 3.01. The number of benzene rings is 1. The van der Waals surface area contributed by atoms with Gasteiger partial charge in [0, 0.05) is 4.90 Å². The van der Waals surface area contributed by atoms with Crippen molar-refractivity contribution in [1.29, 1.82) is 0 Å². The van der Waals surface area contributed by atoms with Crippen LogP contribution in [0.25, 0.3) is 0 Å². The number of hydrogen-bond donors (Lipinski definition) is 0. The second-order valence-electron chi connectivity index (χ2n) is 4.54. The van der Waals surface area contributed by atoms with E-state index in [1.165, 1.54) is 23.1 Å². The maximum absolute atomic E-state index is 11.8. The molecule has 0 spiro atoms. The molecule has 0 aliphatic heterocycles. The van der Waals surface area contributed by atoms with Crippen LogP contribution in [0.5, 0.6) is 0 Å². The van der Waals surface area contributed by atoms with Gasteiger partial charge in [-0.1, -0.05) is 37.5 Å². The first-order valence-corrected chi connectivity index (χ1v) is 7.28. The molecule has 0 bridgehead atoms. The Morgan fingerprint density at radius 2 is 2.11 bits per heavy atom. The normalized spacial score (nSPS) is 12.2. The molecule has 100 valence electrons. The third kappa shape index (κ3) is 4.37. The molecule has 3 heteroatoms. The highest BCUT2D eigenvalue weighted by atomic mass is 32.2. The second kappa shape index (κ2) is 7.47. The van der Waals surface area contributed by atoms with E-state index in [4.69, 9.17) is 4.74 Å². The summed E-state index contributed by atoms with van der Waals surface area (Å²) in [7, 11) is 1.46. The molecule has 0 fully saturated rings. The molecule has 0 N–H and O–H groups in total. The standard InChI is InChI=1S/C15H22O2S/c1-5-6-7-14(15(16)17-4)18-13-9-8-11(2)10-12(13)3/h8-10,14H,5-7H2,1-4H3. The summed E-state index contributed by atoms with van der Waals surface area (Å²) in [5, 5.41) is -0.0867. The molecule has 2 nitrogen and oxygen atoms in total. The summed E-state index contributed by atoms with van der Waals surface area (Å²) in [5.41, 5.74) is 2.48. The van der Waals surface area contributed by atoms with Crippen LogP contribution in [0.2, 0.25) is 0 Å². The molecule has 0 saturated carbocycles. The van der Waals surface area contributed by atoms with Crippen molar-refractivity contribution in [3.8, 4) is 0 Å². The average molecular weight is 266 g/mol. The molecular weight excluding hydrogens is 244 g/mol. The number of rotatable bonds is 6. The van der Waals surface area contributed by atoms with E-state index in [1.807, 2.05) is 0 Å². The Bertz CT molecular complexity index is 401. The molecule has 0 aliphatic rings. The van der Waals surface area contributed by atoms with Crippen LogP contribution in [-0.4, -0.2) is 18.3 Å². The van der Waals surface area contributed by atoms with Gasteiger partial charge < -0.3 is 4.74 Å². The van der Waals surface area contributed by atoms with Crippen LogP contribution in [0.4, 0.5) is 0 Å². The molecule has 18 heavy (non-hydrogen) atoms. The summed E-state index contributed by atoms with van der Waals surface area (Å²) in [5.74, 6) is -0.117. The smallest absolute Gasteiger partial charge is 0.319 e. The molecule has 0 saturated heterocycles. The van der Waals surface area contributed by atoms with Crippen LogP contribution in [0.1, 0.15) is 37.3 Å². The SMILES string of the molecule is CCCCC(Sc1ccc(C)cc1C)C(=O)OC. The van der Waals surface area contributed by atoms with Crippen LogP contribution >= 0.6 is 11.8 Å². The molecule has 0 aliphatic carbocycles. The molecule has 1 aromatic rings. The number of thioether (sulfide) groups is 1. The number of esters is 1. The zero-order chi connectivity index (χ0) is 13.5. The highest BCUT2D eigenvalue weighted by Gasteiger charge is 2.20. The minimum atomic E-state index is -0.117. The van der Waals surface area contributed by atoms with Crippen molar-refractivity contribution in [2.24, 2.45) is 0 Å². The third-order valence-corrected chi connectivity index (χ3v) is 4.31. The Labute approximate surface area is 114 Å². The Balaban J connectivity index is 2.78. The maximum Gasteiger partial charge on any atom is 0.319 e. The van der Waals surface area contributed by atoms with Crippen LogP contribution in [0, 0.1) is 13.8 Å². The van der Waals surface area contributed by atoms with Crippen molar-refractivity contribution < 1.29 is 9.53 Å². The number of carbonyl (C=O) groups excluding carboxylic acids is 1. The van der Waals surface area contributed by atoms with Gasteiger partial charge >= 0.3 is 5.97 Å². The van der Waals surface area contributed by atoms with Crippen LogP contribution < -0.4 is 0 Å². The Morgan fingerprint density at radius 3 is 2.67 bits per heavy atom. The van der Waals surface area contributed by atoms with Gasteiger partial charge in [-0.05, 0) is 31.9 Å². The van der Waals surface area contributed by atoms with Crippen molar-refractivity contribution in [3.63, 3.8) is 0 Å². The topological polar surface area (TPSA) is 26.3 Å². The fraction of sp³-hybridized carbons (Fsp3) is 0.533. The monoisotopic (exact) mass is 266 g/mol. The number of unbranched alkanes of at least 4 members (excludes halogenated alkanes) is 1. The number of carbonyl (C=O) groups is 1. The molecule has 0 aromatic heterocycles. The number of hydrogen-bond acceptors (Lipinski definition) is 3. The molecule has 0 amide bonds. The summed E-state index contributed by atoms with van der Waals surface area (Å²) in [6, 6.07) is 6.33. The Morgan fingerprint density at radius 1 is 1.39 bits per heavy atom. The van der Waals surface area contributed by atoms with Gasteiger partial charge in [-0.3, -0.25) is 4.79 Å². The largest absolute Gasteiger partial charge is 0.468 e. The van der Waals surface area contributed by atoms with Gasteiger partial charge in [0.25, 0.3) is 0 Å². The fourth-order valence-electron chi connectivity index (χ4n) is 1.83. The summed E-state index contributed by atoms with van der Waals surface area (Å²) in [6.45, 7) is 6.30. The number of ether oxygens (including phenoxy) is 1. The van der Waals surface area contributed by atoms with Gasteiger partial charge in [-0.25, -0.2) is 0 Å². The summed E-state index contributed by atoms with van der Waals surface area (Å²) in [4.78, 5) is 12.9. The minimum absolute atomic E-state index is 0.0867. The van der Waals surface area contributed by atoms with Crippen molar-refractivity contribution in [2.75, 3.05) is 7.11 Å². The van der Waals surface area contributed by atoms with Crippen molar-refractivity contribution in [3.05, 3.63) is 29.3 Å². The molecule has 1 rings (SSSR count).